The molecule has 134 valence electrons. The SMILES string of the molecule is CCOC(CNC(=O)C(Cc1ccc(Cl)cc1)NC(=O)O)OCC. The van der Waals surface area contributed by atoms with Crippen molar-refractivity contribution in [3.05, 3.63) is 34.9 Å². The van der Waals surface area contributed by atoms with Crippen molar-refractivity contribution >= 4 is 23.6 Å². The van der Waals surface area contributed by atoms with Gasteiger partial charge in [0, 0.05) is 24.7 Å². The molecular formula is C16H23ClN2O5. The van der Waals surface area contributed by atoms with E-state index in [4.69, 9.17) is 26.2 Å². The molecule has 0 bridgehead atoms. The Bertz CT molecular complexity index is 518. The summed E-state index contributed by atoms with van der Waals surface area (Å²) < 4.78 is 10.7. The van der Waals surface area contributed by atoms with Crippen LogP contribution in [0.15, 0.2) is 24.3 Å². The lowest BCUT2D eigenvalue weighted by atomic mass is 10.1. The molecule has 1 rings (SSSR count). The Morgan fingerprint density at radius 3 is 2.25 bits per heavy atom. The number of halogens is 1. The second kappa shape index (κ2) is 10.9. The van der Waals surface area contributed by atoms with Gasteiger partial charge in [-0.1, -0.05) is 23.7 Å². The largest absolute Gasteiger partial charge is 0.465 e. The van der Waals surface area contributed by atoms with Gasteiger partial charge in [0.1, 0.15) is 6.04 Å². The molecule has 0 saturated carbocycles. The number of hydrogen-bond donors (Lipinski definition) is 3. The summed E-state index contributed by atoms with van der Waals surface area (Å²) in [6.45, 7) is 4.68. The predicted octanol–water partition coefficient (Wildman–Crippen LogP) is 2.03. The average molecular weight is 359 g/mol. The quantitative estimate of drug-likeness (QED) is 0.556. The molecule has 1 unspecified atom stereocenters. The first kappa shape index (κ1) is 20.2. The summed E-state index contributed by atoms with van der Waals surface area (Å²) in [7, 11) is 0. The van der Waals surface area contributed by atoms with Crippen molar-refractivity contribution in [3.63, 3.8) is 0 Å². The molecule has 2 amide bonds. The van der Waals surface area contributed by atoms with Gasteiger partial charge in [-0.05, 0) is 31.5 Å². The highest BCUT2D eigenvalue weighted by Gasteiger charge is 2.22. The van der Waals surface area contributed by atoms with Gasteiger partial charge in [-0.3, -0.25) is 4.79 Å². The zero-order valence-corrected chi connectivity index (χ0v) is 14.5. The summed E-state index contributed by atoms with van der Waals surface area (Å²) in [5.41, 5.74) is 0.791. The van der Waals surface area contributed by atoms with Crippen LogP contribution in [0.1, 0.15) is 19.4 Å². The fourth-order valence-electron chi connectivity index (χ4n) is 2.06. The molecule has 0 aliphatic heterocycles. The number of carbonyl (C=O) groups is 2. The minimum atomic E-state index is -1.27. The molecule has 0 saturated heterocycles. The molecular weight excluding hydrogens is 336 g/mol. The number of ether oxygens (including phenoxy) is 2. The number of carboxylic acid groups (broad SMARTS) is 1. The lowest BCUT2D eigenvalue weighted by Crippen LogP contribution is -2.49. The van der Waals surface area contributed by atoms with Crippen LogP contribution in [-0.4, -0.2) is 49.2 Å². The first-order chi connectivity index (χ1) is 11.5. The lowest BCUT2D eigenvalue weighted by molar-refractivity contribution is -0.141. The fraction of sp³-hybridized carbons (Fsp3) is 0.500. The van der Waals surface area contributed by atoms with Crippen molar-refractivity contribution in [3.8, 4) is 0 Å². The highest BCUT2D eigenvalue weighted by molar-refractivity contribution is 6.30. The smallest absolute Gasteiger partial charge is 0.405 e. The van der Waals surface area contributed by atoms with E-state index in [1.54, 1.807) is 24.3 Å². The second-order valence-corrected chi connectivity index (χ2v) is 5.35. The van der Waals surface area contributed by atoms with Crippen molar-refractivity contribution in [2.45, 2.75) is 32.6 Å². The van der Waals surface area contributed by atoms with E-state index in [1.165, 1.54) is 0 Å². The molecule has 0 radical (unpaired) electrons. The van der Waals surface area contributed by atoms with Crippen LogP contribution < -0.4 is 10.6 Å². The average Bonchev–Trinajstić information content (AvgIpc) is 2.53. The number of carbonyl (C=O) groups excluding carboxylic acids is 1. The Labute approximate surface area is 146 Å². The Morgan fingerprint density at radius 1 is 1.17 bits per heavy atom. The Balaban J connectivity index is 2.66. The predicted molar refractivity (Wildman–Crippen MR) is 90.2 cm³/mol. The maximum atomic E-state index is 12.3. The molecule has 0 spiro atoms. The zero-order chi connectivity index (χ0) is 17.9. The normalized spacial score (nSPS) is 12.0. The molecule has 24 heavy (non-hydrogen) atoms. The van der Waals surface area contributed by atoms with E-state index in [2.05, 4.69) is 10.6 Å². The summed E-state index contributed by atoms with van der Waals surface area (Å²) >= 11 is 5.82. The van der Waals surface area contributed by atoms with E-state index in [1.807, 2.05) is 13.8 Å². The summed E-state index contributed by atoms with van der Waals surface area (Å²) in [5.74, 6) is -0.447. The van der Waals surface area contributed by atoms with Gasteiger partial charge < -0.3 is 25.2 Å². The third-order valence-electron chi connectivity index (χ3n) is 3.12. The fourth-order valence-corrected chi connectivity index (χ4v) is 2.19. The molecule has 0 fully saturated rings. The van der Waals surface area contributed by atoms with E-state index in [-0.39, 0.29) is 13.0 Å². The van der Waals surface area contributed by atoms with E-state index in [0.717, 1.165) is 5.56 Å². The van der Waals surface area contributed by atoms with Crippen molar-refractivity contribution in [2.24, 2.45) is 0 Å². The Hall–Kier alpha value is -1.83. The highest BCUT2D eigenvalue weighted by Crippen LogP contribution is 2.11. The summed E-state index contributed by atoms with van der Waals surface area (Å²) in [6, 6.07) is 5.94. The minimum Gasteiger partial charge on any atom is -0.465 e. The zero-order valence-electron chi connectivity index (χ0n) is 13.8. The number of nitrogens with one attached hydrogen (secondary N) is 2. The molecule has 7 nitrogen and oxygen atoms in total. The molecule has 3 N–H and O–H groups in total. The summed E-state index contributed by atoms with van der Waals surface area (Å²) in [6.07, 6.45) is -1.62. The van der Waals surface area contributed by atoms with Crippen LogP contribution in [-0.2, 0) is 20.7 Å². The molecule has 0 aliphatic carbocycles. The van der Waals surface area contributed by atoms with Crippen molar-refractivity contribution in [2.75, 3.05) is 19.8 Å². The third-order valence-corrected chi connectivity index (χ3v) is 3.37. The molecule has 1 aromatic carbocycles. The van der Waals surface area contributed by atoms with Crippen LogP contribution in [0.5, 0.6) is 0 Å². The minimum absolute atomic E-state index is 0.138. The molecule has 0 heterocycles. The second-order valence-electron chi connectivity index (χ2n) is 4.92. The van der Waals surface area contributed by atoms with Crippen LogP contribution >= 0.6 is 11.6 Å². The number of amides is 2. The Kier molecular flexibility index (Phi) is 9.14. The van der Waals surface area contributed by atoms with E-state index < -0.39 is 24.3 Å². The molecule has 0 aliphatic rings. The van der Waals surface area contributed by atoms with Crippen LogP contribution in [0.2, 0.25) is 5.02 Å². The first-order valence-corrected chi connectivity index (χ1v) is 8.08. The summed E-state index contributed by atoms with van der Waals surface area (Å²) in [4.78, 5) is 23.2. The molecule has 1 aromatic rings. The van der Waals surface area contributed by atoms with Gasteiger partial charge in [0.15, 0.2) is 6.29 Å². The summed E-state index contributed by atoms with van der Waals surface area (Å²) in [5, 5.41) is 14.4. The highest BCUT2D eigenvalue weighted by atomic mass is 35.5. The van der Waals surface area contributed by atoms with E-state index in [9.17, 15) is 9.59 Å². The van der Waals surface area contributed by atoms with Gasteiger partial charge >= 0.3 is 6.09 Å². The number of rotatable bonds is 10. The van der Waals surface area contributed by atoms with Crippen molar-refractivity contribution < 1.29 is 24.2 Å². The van der Waals surface area contributed by atoms with Gasteiger partial charge in [0.2, 0.25) is 5.91 Å². The van der Waals surface area contributed by atoms with Gasteiger partial charge in [0.25, 0.3) is 0 Å². The van der Waals surface area contributed by atoms with Crippen LogP contribution in [0, 0.1) is 0 Å². The molecule has 8 heteroatoms. The number of benzene rings is 1. The monoisotopic (exact) mass is 358 g/mol. The molecule has 0 aromatic heterocycles. The topological polar surface area (TPSA) is 96.9 Å². The van der Waals surface area contributed by atoms with Crippen molar-refractivity contribution in [1.82, 2.24) is 10.6 Å². The van der Waals surface area contributed by atoms with Gasteiger partial charge in [-0.2, -0.15) is 0 Å². The third kappa shape index (κ3) is 7.63. The molecule has 1 atom stereocenters. The number of hydrogen-bond acceptors (Lipinski definition) is 4. The standard InChI is InChI=1S/C16H23ClN2O5/c1-3-23-14(24-4-2)10-18-15(20)13(19-16(21)22)9-11-5-7-12(17)8-6-11/h5-8,13-14,19H,3-4,9-10H2,1-2H3,(H,18,20)(H,21,22). The van der Waals surface area contributed by atoms with Gasteiger partial charge in [0.05, 0.1) is 6.54 Å². The maximum Gasteiger partial charge on any atom is 0.405 e. The van der Waals surface area contributed by atoms with Crippen molar-refractivity contribution in [1.29, 1.82) is 0 Å². The van der Waals surface area contributed by atoms with Crippen LogP contribution in [0.4, 0.5) is 4.79 Å². The maximum absolute atomic E-state index is 12.3. The lowest BCUT2D eigenvalue weighted by Gasteiger charge is -2.20. The van der Waals surface area contributed by atoms with Gasteiger partial charge in [-0.15, -0.1) is 0 Å². The first-order valence-electron chi connectivity index (χ1n) is 7.71. The van der Waals surface area contributed by atoms with E-state index >= 15 is 0 Å². The van der Waals surface area contributed by atoms with Gasteiger partial charge in [-0.25, -0.2) is 4.79 Å². The van der Waals surface area contributed by atoms with Crippen LogP contribution in [0.25, 0.3) is 0 Å². The van der Waals surface area contributed by atoms with Crippen LogP contribution in [0.3, 0.4) is 0 Å². The van der Waals surface area contributed by atoms with E-state index in [0.29, 0.717) is 18.2 Å². The Morgan fingerprint density at radius 2 is 1.75 bits per heavy atom.